The second-order valence-electron chi connectivity index (χ2n) is 6.90. The van der Waals surface area contributed by atoms with Crippen LogP contribution in [-0.2, 0) is 0 Å². The summed E-state index contributed by atoms with van der Waals surface area (Å²) in [5, 5.41) is 7.42. The van der Waals surface area contributed by atoms with Crippen LogP contribution in [0.3, 0.4) is 0 Å². The molecule has 0 radical (unpaired) electrons. The predicted octanol–water partition coefficient (Wildman–Crippen LogP) is 5.45. The van der Waals surface area contributed by atoms with Gasteiger partial charge in [-0.1, -0.05) is 78.9 Å². The summed E-state index contributed by atoms with van der Waals surface area (Å²) >= 11 is 0. The number of amides is 1. The molecule has 0 saturated carbocycles. The Balaban J connectivity index is 1.48. The summed E-state index contributed by atoms with van der Waals surface area (Å²) in [6.45, 7) is 0. The van der Waals surface area contributed by atoms with Gasteiger partial charge in [0.15, 0.2) is 0 Å². The number of carbonyl (C=O) groups is 1. The molecule has 0 saturated heterocycles. The molecule has 0 fully saturated rings. The molecular weight excluding hydrogens is 388 g/mol. The molecule has 6 nitrogen and oxygen atoms in total. The Morgan fingerprint density at radius 2 is 1.42 bits per heavy atom. The standard InChI is InChI=1S/C25H18N4O2/c30-24(27-25-26-22(17-31-25)18-10-4-1-5-11-18)21-16-29(20-14-8-3-9-15-20)28-23(21)19-12-6-2-7-13-19/h1-17H,(H,26,27,30). The van der Waals surface area contributed by atoms with Crippen molar-refractivity contribution in [1.82, 2.24) is 14.8 Å². The quantitative estimate of drug-likeness (QED) is 0.421. The van der Waals surface area contributed by atoms with Gasteiger partial charge in [-0.15, -0.1) is 0 Å². The van der Waals surface area contributed by atoms with Gasteiger partial charge >= 0.3 is 6.01 Å². The molecule has 150 valence electrons. The largest absolute Gasteiger partial charge is 0.431 e. The number of hydrogen-bond donors (Lipinski definition) is 1. The van der Waals surface area contributed by atoms with Crippen molar-refractivity contribution in [2.45, 2.75) is 0 Å². The van der Waals surface area contributed by atoms with E-state index in [1.165, 1.54) is 6.26 Å². The Hall–Kier alpha value is -4.45. The van der Waals surface area contributed by atoms with Gasteiger partial charge in [-0.2, -0.15) is 10.1 Å². The summed E-state index contributed by atoms with van der Waals surface area (Å²) < 4.78 is 7.17. The molecule has 1 amide bonds. The second kappa shape index (κ2) is 8.12. The molecule has 0 spiro atoms. The summed E-state index contributed by atoms with van der Waals surface area (Å²) in [4.78, 5) is 17.5. The van der Waals surface area contributed by atoms with Gasteiger partial charge in [0, 0.05) is 17.3 Å². The minimum atomic E-state index is -0.345. The van der Waals surface area contributed by atoms with E-state index in [9.17, 15) is 4.79 Å². The molecule has 6 heteroatoms. The summed E-state index contributed by atoms with van der Waals surface area (Å²) in [6.07, 6.45) is 3.24. The van der Waals surface area contributed by atoms with E-state index in [1.54, 1.807) is 10.9 Å². The molecule has 0 atom stereocenters. The molecule has 5 aromatic rings. The molecule has 2 aromatic heterocycles. The van der Waals surface area contributed by atoms with Crippen molar-refractivity contribution in [3.8, 4) is 28.2 Å². The summed E-state index contributed by atoms with van der Waals surface area (Å²) in [5.41, 5.74) is 4.28. The third-order valence-corrected chi connectivity index (χ3v) is 4.82. The van der Waals surface area contributed by atoms with Crippen molar-refractivity contribution in [3.63, 3.8) is 0 Å². The zero-order valence-corrected chi connectivity index (χ0v) is 16.5. The first-order chi connectivity index (χ1) is 15.3. The highest BCUT2D eigenvalue weighted by atomic mass is 16.4. The number of carbonyl (C=O) groups excluding carboxylic acids is 1. The number of oxazole rings is 1. The SMILES string of the molecule is O=C(Nc1nc(-c2ccccc2)co1)c1cn(-c2ccccc2)nc1-c1ccccc1. The minimum Gasteiger partial charge on any atom is -0.431 e. The lowest BCUT2D eigenvalue weighted by molar-refractivity contribution is 0.102. The fourth-order valence-corrected chi connectivity index (χ4v) is 3.30. The molecule has 5 rings (SSSR count). The Morgan fingerprint density at radius 3 is 2.10 bits per heavy atom. The first-order valence-electron chi connectivity index (χ1n) is 9.81. The maximum Gasteiger partial charge on any atom is 0.302 e. The zero-order chi connectivity index (χ0) is 21.0. The normalized spacial score (nSPS) is 10.7. The summed E-state index contributed by atoms with van der Waals surface area (Å²) in [7, 11) is 0. The van der Waals surface area contributed by atoms with Crippen LogP contribution >= 0.6 is 0 Å². The van der Waals surface area contributed by atoms with Gasteiger partial charge < -0.3 is 4.42 Å². The molecule has 0 aliphatic carbocycles. The first-order valence-corrected chi connectivity index (χ1v) is 9.81. The molecule has 31 heavy (non-hydrogen) atoms. The number of aromatic nitrogens is 3. The highest BCUT2D eigenvalue weighted by molar-refractivity contribution is 6.07. The number of hydrogen-bond acceptors (Lipinski definition) is 4. The van der Waals surface area contributed by atoms with Crippen LogP contribution in [0.25, 0.3) is 28.2 Å². The zero-order valence-electron chi connectivity index (χ0n) is 16.5. The topological polar surface area (TPSA) is 73.0 Å². The average molecular weight is 406 g/mol. The van der Waals surface area contributed by atoms with Crippen LogP contribution in [0.2, 0.25) is 0 Å². The second-order valence-corrected chi connectivity index (χ2v) is 6.90. The number of anilines is 1. The van der Waals surface area contributed by atoms with Crippen molar-refractivity contribution in [2.24, 2.45) is 0 Å². The lowest BCUT2D eigenvalue weighted by Gasteiger charge is -2.02. The van der Waals surface area contributed by atoms with Gasteiger partial charge in [-0.25, -0.2) is 4.68 Å². The van der Waals surface area contributed by atoms with Crippen molar-refractivity contribution >= 4 is 11.9 Å². The maximum atomic E-state index is 13.1. The Kier molecular flexibility index (Phi) is 4.86. The number of para-hydroxylation sites is 1. The third kappa shape index (κ3) is 3.86. The van der Waals surface area contributed by atoms with E-state index in [2.05, 4.69) is 15.4 Å². The lowest BCUT2D eigenvalue weighted by Crippen LogP contribution is -2.12. The van der Waals surface area contributed by atoms with Gasteiger partial charge in [-0.3, -0.25) is 10.1 Å². The summed E-state index contributed by atoms with van der Waals surface area (Å²) in [6, 6.07) is 29.0. The van der Waals surface area contributed by atoms with Crippen LogP contribution in [0, 0.1) is 0 Å². The van der Waals surface area contributed by atoms with Gasteiger partial charge in [0.25, 0.3) is 5.91 Å². The first kappa shape index (κ1) is 18.6. The van der Waals surface area contributed by atoms with Crippen LogP contribution in [0.15, 0.2) is 108 Å². The monoisotopic (exact) mass is 406 g/mol. The fourth-order valence-electron chi connectivity index (χ4n) is 3.30. The summed E-state index contributed by atoms with van der Waals surface area (Å²) in [5.74, 6) is -0.345. The van der Waals surface area contributed by atoms with Gasteiger partial charge in [0.05, 0.1) is 11.3 Å². The number of rotatable bonds is 5. The smallest absolute Gasteiger partial charge is 0.302 e. The molecule has 0 unspecified atom stereocenters. The van der Waals surface area contributed by atoms with E-state index >= 15 is 0 Å². The van der Waals surface area contributed by atoms with Crippen LogP contribution in [0.5, 0.6) is 0 Å². The van der Waals surface area contributed by atoms with E-state index in [1.807, 2.05) is 91.0 Å². The Bertz CT molecular complexity index is 1310. The van der Waals surface area contributed by atoms with Gasteiger partial charge in [0.1, 0.15) is 17.7 Å². The van der Waals surface area contributed by atoms with E-state index in [0.717, 1.165) is 16.8 Å². The van der Waals surface area contributed by atoms with Crippen molar-refractivity contribution in [3.05, 3.63) is 109 Å². The number of benzene rings is 3. The average Bonchev–Trinajstić information content (AvgIpc) is 3.49. The van der Waals surface area contributed by atoms with E-state index in [-0.39, 0.29) is 11.9 Å². The highest BCUT2D eigenvalue weighted by Gasteiger charge is 2.20. The molecule has 0 bridgehead atoms. The van der Waals surface area contributed by atoms with Gasteiger partial charge in [0.2, 0.25) is 0 Å². The van der Waals surface area contributed by atoms with Crippen molar-refractivity contribution in [1.29, 1.82) is 0 Å². The molecule has 0 aliphatic heterocycles. The van der Waals surface area contributed by atoms with Crippen LogP contribution < -0.4 is 5.32 Å². The molecule has 1 N–H and O–H groups in total. The van der Waals surface area contributed by atoms with Crippen LogP contribution in [0.1, 0.15) is 10.4 Å². The Labute approximate surface area is 178 Å². The van der Waals surface area contributed by atoms with E-state index in [4.69, 9.17) is 4.42 Å². The van der Waals surface area contributed by atoms with E-state index < -0.39 is 0 Å². The van der Waals surface area contributed by atoms with E-state index in [0.29, 0.717) is 17.0 Å². The molecular formula is C25H18N4O2. The number of nitrogens with one attached hydrogen (secondary N) is 1. The fraction of sp³-hybridized carbons (Fsp3) is 0. The predicted molar refractivity (Wildman–Crippen MR) is 119 cm³/mol. The maximum absolute atomic E-state index is 13.1. The van der Waals surface area contributed by atoms with Gasteiger partial charge in [-0.05, 0) is 12.1 Å². The number of nitrogens with zero attached hydrogens (tertiary/aromatic N) is 3. The van der Waals surface area contributed by atoms with Crippen molar-refractivity contribution in [2.75, 3.05) is 5.32 Å². The Morgan fingerprint density at radius 1 is 0.806 bits per heavy atom. The molecule has 2 heterocycles. The lowest BCUT2D eigenvalue weighted by atomic mass is 10.1. The molecule has 0 aliphatic rings. The third-order valence-electron chi connectivity index (χ3n) is 4.82. The van der Waals surface area contributed by atoms with Crippen LogP contribution in [-0.4, -0.2) is 20.7 Å². The molecule has 3 aromatic carbocycles. The van der Waals surface area contributed by atoms with Crippen molar-refractivity contribution < 1.29 is 9.21 Å². The minimum absolute atomic E-state index is 0.135. The highest BCUT2D eigenvalue weighted by Crippen LogP contribution is 2.25. The van der Waals surface area contributed by atoms with Crippen LogP contribution in [0.4, 0.5) is 6.01 Å².